The number of sulfone groups is 1. The number of anilines is 2. The Balaban J connectivity index is 1.13. The predicted octanol–water partition coefficient (Wildman–Crippen LogP) is 5.02. The maximum atomic E-state index is 13.6. The highest BCUT2D eigenvalue weighted by Crippen LogP contribution is 2.32. The molecule has 0 saturated carbocycles. The second-order valence-corrected chi connectivity index (χ2v) is 13.3. The van der Waals surface area contributed by atoms with E-state index in [4.69, 9.17) is 4.84 Å². The number of para-hydroxylation sites is 1. The highest BCUT2D eigenvalue weighted by atomic mass is 32.2. The number of aromatic nitrogens is 7. The van der Waals surface area contributed by atoms with Crippen molar-refractivity contribution in [2.45, 2.75) is 12.1 Å². The van der Waals surface area contributed by atoms with E-state index in [2.05, 4.69) is 40.9 Å². The Hall–Kier alpha value is -6.07. The number of rotatable bonds is 8. The fraction of sp³-hybridized carbons (Fsp3) is 0.0645. The van der Waals surface area contributed by atoms with Crippen LogP contribution in [0.5, 0.6) is 5.88 Å². The third-order valence-corrected chi connectivity index (χ3v) is 9.03. The van der Waals surface area contributed by atoms with Gasteiger partial charge in [-0.25, -0.2) is 22.8 Å². The molecule has 17 heteroatoms. The van der Waals surface area contributed by atoms with Crippen molar-refractivity contribution < 1.29 is 27.2 Å². The Morgan fingerprint density at radius 1 is 1.00 bits per heavy atom. The number of aryl methyl sites for hydroxylation is 1. The number of hydrogen-bond donors (Lipinski definition) is 3. The van der Waals surface area contributed by atoms with Crippen LogP contribution < -0.4 is 15.5 Å². The lowest BCUT2D eigenvalue weighted by atomic mass is 10.1. The quantitative estimate of drug-likeness (QED) is 0.196. The second-order valence-electron chi connectivity index (χ2n) is 10.5. The van der Waals surface area contributed by atoms with Gasteiger partial charge in [0.05, 0.1) is 5.56 Å². The number of imidazole rings is 1. The first kappa shape index (κ1) is 30.6. The predicted molar refractivity (Wildman–Crippen MR) is 175 cm³/mol. The molecule has 0 aliphatic carbocycles. The molecule has 0 fully saturated rings. The van der Waals surface area contributed by atoms with Crippen LogP contribution in [0.2, 0.25) is 0 Å². The number of benzene rings is 3. The van der Waals surface area contributed by atoms with Crippen LogP contribution >= 0.6 is 11.3 Å². The molecule has 4 aromatic heterocycles. The van der Waals surface area contributed by atoms with E-state index in [1.807, 2.05) is 12.1 Å². The summed E-state index contributed by atoms with van der Waals surface area (Å²) in [4.78, 5) is 49.3. The molecule has 0 aliphatic heterocycles. The topological polar surface area (TPSA) is 187 Å². The molecule has 3 aromatic carbocycles. The van der Waals surface area contributed by atoms with Gasteiger partial charge in [-0.15, -0.1) is 16.4 Å². The summed E-state index contributed by atoms with van der Waals surface area (Å²) in [5.74, 6) is -1.48. The van der Waals surface area contributed by atoms with Crippen LogP contribution in [-0.4, -0.2) is 61.6 Å². The zero-order valence-electron chi connectivity index (χ0n) is 24.9. The van der Waals surface area contributed by atoms with Crippen molar-refractivity contribution in [3.05, 3.63) is 101 Å². The number of thiophene rings is 1. The van der Waals surface area contributed by atoms with Gasteiger partial charge in [-0.3, -0.25) is 9.59 Å². The minimum absolute atomic E-state index is 0.0280. The number of nitrogens with zero attached hydrogens (tertiary/aromatic N) is 6. The smallest absolute Gasteiger partial charge is 0.274 e. The molecule has 7 rings (SSSR count). The molecule has 48 heavy (non-hydrogen) atoms. The summed E-state index contributed by atoms with van der Waals surface area (Å²) in [6.45, 7) is 1.78. The number of H-pyrrole nitrogens is 1. The first-order valence-corrected chi connectivity index (χ1v) is 16.8. The zero-order chi connectivity index (χ0) is 33.6. The Kier molecular flexibility index (Phi) is 7.61. The lowest BCUT2D eigenvalue weighted by molar-refractivity contribution is 0.101. The summed E-state index contributed by atoms with van der Waals surface area (Å²) in [5.41, 5.74) is 3.53. The van der Waals surface area contributed by atoms with Gasteiger partial charge in [0.2, 0.25) is 15.0 Å². The monoisotopic (exact) mass is 683 g/mol. The van der Waals surface area contributed by atoms with Gasteiger partial charge in [0.15, 0.2) is 0 Å². The molecule has 2 amide bonds. The standard InChI is InChI=1S/C31H22FN9O5S2/c1-16-7-12-19(35-29(43)26-24(17-8-10-18(32)11-9-17)37-31(38-26)48(2,44)45)13-22(16)36-28(42)20-14-47-27-25(20)33-15-34-30(27)46-41-23-6-4-3-5-21(23)39-40-41/h3-15H,1-2H3,(H,35,43)(H,36,42)(H,37,38). The number of carbonyl (C=O) groups excluding carboxylic acids is 2. The molecule has 4 heterocycles. The van der Waals surface area contributed by atoms with Gasteiger partial charge in [-0.2, -0.15) is 4.98 Å². The Labute approximate surface area is 274 Å². The van der Waals surface area contributed by atoms with Crippen molar-refractivity contribution in [1.29, 1.82) is 0 Å². The molecule has 14 nitrogen and oxygen atoms in total. The van der Waals surface area contributed by atoms with Crippen molar-refractivity contribution in [2.75, 3.05) is 16.9 Å². The maximum absolute atomic E-state index is 13.6. The van der Waals surface area contributed by atoms with Crippen molar-refractivity contribution in [3.63, 3.8) is 0 Å². The largest absolute Gasteiger partial charge is 0.334 e. The van der Waals surface area contributed by atoms with E-state index in [0.29, 0.717) is 43.8 Å². The lowest BCUT2D eigenvalue weighted by Gasteiger charge is -2.12. The van der Waals surface area contributed by atoms with Crippen LogP contribution in [0.25, 0.3) is 32.5 Å². The van der Waals surface area contributed by atoms with Crippen LogP contribution in [0.3, 0.4) is 0 Å². The van der Waals surface area contributed by atoms with Crippen molar-refractivity contribution in [3.8, 4) is 17.1 Å². The Bertz CT molecular complexity index is 2490. The summed E-state index contributed by atoms with van der Waals surface area (Å²) in [6.07, 6.45) is 2.23. The van der Waals surface area contributed by atoms with E-state index >= 15 is 0 Å². The first-order chi connectivity index (χ1) is 23.0. The Morgan fingerprint density at radius 3 is 2.58 bits per heavy atom. The molecule has 0 radical (unpaired) electrons. The molecule has 0 aliphatic rings. The van der Waals surface area contributed by atoms with Gasteiger partial charge in [0.1, 0.15) is 44.8 Å². The summed E-state index contributed by atoms with van der Waals surface area (Å²) in [5, 5.41) is 14.9. The van der Waals surface area contributed by atoms with E-state index in [1.165, 1.54) is 46.8 Å². The normalized spacial score (nSPS) is 11.6. The van der Waals surface area contributed by atoms with Crippen molar-refractivity contribution in [2.24, 2.45) is 0 Å². The maximum Gasteiger partial charge on any atom is 0.274 e. The van der Waals surface area contributed by atoms with E-state index in [0.717, 1.165) is 6.26 Å². The van der Waals surface area contributed by atoms with Crippen LogP contribution in [0.15, 0.2) is 83.6 Å². The number of carbonyl (C=O) groups is 2. The summed E-state index contributed by atoms with van der Waals surface area (Å²) in [7, 11) is -3.81. The highest BCUT2D eigenvalue weighted by Gasteiger charge is 2.24. The fourth-order valence-electron chi connectivity index (χ4n) is 4.78. The van der Waals surface area contributed by atoms with Crippen molar-refractivity contribution >= 4 is 65.6 Å². The lowest BCUT2D eigenvalue weighted by Crippen LogP contribution is -2.16. The third kappa shape index (κ3) is 5.82. The molecular formula is C31H22FN9O5S2. The third-order valence-electron chi connectivity index (χ3n) is 7.18. The first-order valence-electron chi connectivity index (χ1n) is 14.1. The van der Waals surface area contributed by atoms with Gasteiger partial charge >= 0.3 is 0 Å². The number of hydrogen-bond acceptors (Lipinski definition) is 11. The minimum Gasteiger partial charge on any atom is -0.334 e. The van der Waals surface area contributed by atoms with Gasteiger partial charge < -0.3 is 20.5 Å². The molecular weight excluding hydrogens is 662 g/mol. The average molecular weight is 684 g/mol. The van der Waals surface area contributed by atoms with Crippen LogP contribution in [-0.2, 0) is 9.84 Å². The number of fused-ring (bicyclic) bond motifs is 2. The van der Waals surface area contributed by atoms with Crippen molar-refractivity contribution in [1.82, 2.24) is 35.1 Å². The number of aromatic amines is 1. The van der Waals surface area contributed by atoms with E-state index in [-0.39, 0.29) is 22.8 Å². The number of halogens is 1. The molecule has 0 spiro atoms. The highest BCUT2D eigenvalue weighted by molar-refractivity contribution is 7.90. The van der Waals surface area contributed by atoms with Crippen LogP contribution in [0.1, 0.15) is 26.4 Å². The summed E-state index contributed by atoms with van der Waals surface area (Å²) < 4.78 is 38.5. The summed E-state index contributed by atoms with van der Waals surface area (Å²) in [6, 6.07) is 17.3. The summed E-state index contributed by atoms with van der Waals surface area (Å²) >= 11 is 1.22. The van der Waals surface area contributed by atoms with Crippen LogP contribution in [0.4, 0.5) is 15.8 Å². The molecule has 0 atom stereocenters. The van der Waals surface area contributed by atoms with Gasteiger partial charge in [0, 0.05) is 28.6 Å². The molecule has 3 N–H and O–H groups in total. The molecule has 7 aromatic rings. The van der Waals surface area contributed by atoms with Gasteiger partial charge in [0.25, 0.3) is 17.7 Å². The molecule has 240 valence electrons. The zero-order valence-corrected chi connectivity index (χ0v) is 26.6. The minimum atomic E-state index is -3.81. The number of nitrogens with one attached hydrogen (secondary N) is 3. The van der Waals surface area contributed by atoms with Gasteiger partial charge in [-0.05, 0) is 66.2 Å². The van der Waals surface area contributed by atoms with E-state index in [9.17, 15) is 22.4 Å². The van der Waals surface area contributed by atoms with E-state index in [1.54, 1.807) is 42.6 Å². The number of amides is 2. The second kappa shape index (κ2) is 11.9. The van der Waals surface area contributed by atoms with E-state index < -0.39 is 32.6 Å². The molecule has 0 saturated heterocycles. The van der Waals surface area contributed by atoms with Crippen LogP contribution in [0, 0.1) is 12.7 Å². The van der Waals surface area contributed by atoms with Gasteiger partial charge in [-0.1, -0.05) is 23.0 Å². The molecule has 0 unspecified atom stereocenters. The Morgan fingerprint density at radius 2 is 1.79 bits per heavy atom. The fourth-order valence-corrected chi connectivity index (χ4v) is 6.24. The average Bonchev–Trinajstić information content (AvgIpc) is 3.81. The SMILES string of the molecule is Cc1ccc(NC(=O)c2[nH]c(S(C)(=O)=O)nc2-c2ccc(F)cc2)cc1NC(=O)c1csc2c(On3nnc4ccccc43)ncnc12. The molecule has 0 bridgehead atoms.